The van der Waals surface area contributed by atoms with E-state index < -0.39 is 12.1 Å². The largest absolute Gasteiger partial charge is 0.453 e. The number of methoxy groups -OCH3 is 1. The van der Waals surface area contributed by atoms with E-state index in [-0.39, 0.29) is 101 Å². The van der Waals surface area contributed by atoms with E-state index in [0.29, 0.717) is 38.5 Å². The van der Waals surface area contributed by atoms with Crippen molar-refractivity contribution in [2.75, 3.05) is 46.6 Å². The van der Waals surface area contributed by atoms with Crippen LogP contribution in [-0.2, 0) is 23.8 Å². The molecule has 2 saturated carbocycles. The molecule has 13 nitrogen and oxygen atoms in total. The molecule has 4 aliphatic heterocycles. The van der Waals surface area contributed by atoms with Gasteiger partial charge in [0.2, 0.25) is 11.8 Å². The smallest absolute Gasteiger partial charge is 0.407 e. The van der Waals surface area contributed by atoms with E-state index in [1.165, 1.54) is 20.0 Å². The molecule has 6 heterocycles. The van der Waals surface area contributed by atoms with E-state index in [1.54, 1.807) is 0 Å². The first-order valence-corrected chi connectivity index (χ1v) is 22.0. The van der Waals surface area contributed by atoms with Crippen LogP contribution in [0.25, 0.3) is 22.3 Å². The zero-order valence-corrected chi connectivity index (χ0v) is 40.6. The summed E-state index contributed by atoms with van der Waals surface area (Å²) in [4.78, 5) is 61.6. The maximum atomic E-state index is 14.3. The first kappa shape index (κ1) is 49.6. The van der Waals surface area contributed by atoms with Crippen LogP contribution in [0, 0.1) is 40.4 Å². The zero-order valence-electron chi connectivity index (χ0n) is 36.6. The Balaban J connectivity index is 0.00000170. The van der Waals surface area contributed by atoms with Gasteiger partial charge in [-0.15, -0.1) is 0 Å². The van der Waals surface area contributed by atoms with Crippen LogP contribution in [0.1, 0.15) is 106 Å². The highest BCUT2D eigenvalue weighted by Crippen LogP contribution is 2.59. The van der Waals surface area contributed by atoms with Crippen molar-refractivity contribution in [1.82, 2.24) is 35.1 Å². The maximum Gasteiger partial charge on any atom is 0.407 e. The maximum absolute atomic E-state index is 14.3. The molecule has 6 aliphatic rings. The Morgan fingerprint density at radius 3 is 1.94 bits per heavy atom. The molecule has 2 aromatic heterocycles. The van der Waals surface area contributed by atoms with Crippen molar-refractivity contribution < 1.29 is 28.6 Å². The number of ether oxygens (including phenoxy) is 3. The van der Waals surface area contributed by atoms with Crippen molar-refractivity contribution in [2.24, 2.45) is 28.6 Å². The van der Waals surface area contributed by atoms with Gasteiger partial charge in [-0.25, -0.2) is 14.8 Å². The Labute approximate surface area is 403 Å². The minimum absolute atomic E-state index is 0. The monoisotopic (exact) mass is 949 g/mol. The SMILES string of the molecule is COC(=O)N[C@H](C(=O)N1CC2(CC2)C[C@H]1c1ncc(-c2ccc(C#Cc3ccc4nc([C@@H]5CC6(CC6)CN5C(=O)[C@@H](C)C5CCOCC5)[nH]c4c3)cc2)[nH]1)C1CCOCC1.S.S.S.S. The second-order valence-corrected chi connectivity index (χ2v) is 18.5. The number of likely N-dealkylation sites (tertiary alicyclic amines) is 2. The minimum atomic E-state index is -0.675. The third kappa shape index (κ3) is 10.1. The molecule has 3 N–H and O–H groups in total. The molecule has 2 aliphatic carbocycles. The molecule has 0 radical (unpaired) electrons. The zero-order chi connectivity index (χ0) is 41.0. The number of H-pyrrole nitrogens is 2. The number of rotatable bonds is 8. The van der Waals surface area contributed by atoms with Crippen LogP contribution in [-0.4, -0.2) is 100 Å². The van der Waals surface area contributed by atoms with Gasteiger partial charge in [0.25, 0.3) is 0 Å². The molecule has 0 unspecified atom stereocenters. The highest BCUT2D eigenvalue weighted by atomic mass is 32.1. The molecule has 2 aromatic carbocycles. The van der Waals surface area contributed by atoms with E-state index in [4.69, 9.17) is 24.2 Å². The lowest BCUT2D eigenvalue weighted by molar-refractivity contribution is -0.139. The third-order valence-electron chi connectivity index (χ3n) is 14.6. The molecule has 10 rings (SSSR count). The summed E-state index contributed by atoms with van der Waals surface area (Å²) >= 11 is 0. The molecule has 0 bridgehead atoms. The summed E-state index contributed by atoms with van der Waals surface area (Å²) < 4.78 is 16.1. The average molecular weight is 950 g/mol. The molecule has 64 heavy (non-hydrogen) atoms. The average Bonchev–Trinajstić information content (AvgIpc) is 3.90. The molecule has 4 aromatic rings. The van der Waals surface area contributed by atoms with Crippen LogP contribution < -0.4 is 5.32 Å². The van der Waals surface area contributed by atoms with Gasteiger partial charge >= 0.3 is 6.09 Å². The van der Waals surface area contributed by atoms with Crippen molar-refractivity contribution in [1.29, 1.82) is 0 Å². The molecule has 346 valence electrons. The molecule has 4 atom stereocenters. The summed E-state index contributed by atoms with van der Waals surface area (Å²) in [5, 5.41) is 2.86. The number of alkyl carbamates (subject to hydrolysis) is 1. The van der Waals surface area contributed by atoms with Gasteiger partial charge in [-0.3, -0.25) is 9.59 Å². The molecule has 4 saturated heterocycles. The number of aromatic amines is 2. The summed E-state index contributed by atoms with van der Waals surface area (Å²) in [7, 11) is 1.33. The number of carbonyl (C=O) groups is 3. The number of hydrogen-bond donors (Lipinski definition) is 3. The highest BCUT2D eigenvalue weighted by molar-refractivity contribution is 7.59. The minimum Gasteiger partial charge on any atom is -0.453 e. The van der Waals surface area contributed by atoms with Crippen LogP contribution in [0.2, 0.25) is 0 Å². The topological polar surface area (TPSA) is 155 Å². The van der Waals surface area contributed by atoms with Gasteiger partial charge in [0.1, 0.15) is 17.7 Å². The fourth-order valence-electron chi connectivity index (χ4n) is 10.4. The normalized spacial score (nSPS) is 22.8. The summed E-state index contributed by atoms with van der Waals surface area (Å²) in [6.45, 7) is 6.22. The lowest BCUT2D eigenvalue weighted by atomic mass is 9.86. The summed E-state index contributed by atoms with van der Waals surface area (Å²) in [6.07, 6.45) is 10.9. The summed E-state index contributed by atoms with van der Waals surface area (Å²) in [5.74, 6) is 8.81. The molecular formula is C47H63N7O6S4. The second kappa shape index (κ2) is 20.4. The lowest BCUT2D eigenvalue weighted by Gasteiger charge is -2.34. The number of imidazole rings is 2. The van der Waals surface area contributed by atoms with Crippen LogP contribution in [0.4, 0.5) is 4.79 Å². The van der Waals surface area contributed by atoms with Gasteiger partial charge in [-0.2, -0.15) is 54.0 Å². The Hall–Kier alpha value is -3.79. The molecular weight excluding hydrogens is 887 g/mol. The van der Waals surface area contributed by atoms with Gasteiger partial charge in [0, 0.05) is 56.6 Å². The first-order valence-electron chi connectivity index (χ1n) is 22.0. The van der Waals surface area contributed by atoms with Gasteiger partial charge in [0.15, 0.2) is 0 Å². The number of carbonyl (C=O) groups excluding carboxylic acids is 3. The van der Waals surface area contributed by atoms with Crippen LogP contribution in [0.15, 0.2) is 48.7 Å². The van der Waals surface area contributed by atoms with Crippen LogP contribution in [0.5, 0.6) is 0 Å². The Morgan fingerprint density at radius 2 is 1.33 bits per heavy atom. The van der Waals surface area contributed by atoms with E-state index in [2.05, 4.69) is 45.0 Å². The number of fused-ring (bicyclic) bond motifs is 1. The number of amides is 3. The van der Waals surface area contributed by atoms with Crippen LogP contribution in [0.3, 0.4) is 0 Å². The van der Waals surface area contributed by atoms with Crippen LogP contribution >= 0.6 is 54.0 Å². The molecule has 2 spiro atoms. The van der Waals surface area contributed by atoms with E-state index >= 15 is 0 Å². The summed E-state index contributed by atoms with van der Waals surface area (Å²) in [6, 6.07) is 13.3. The fraction of sp³-hybridized carbons (Fsp3) is 0.553. The van der Waals surface area contributed by atoms with Crippen molar-refractivity contribution in [3.63, 3.8) is 0 Å². The van der Waals surface area contributed by atoms with E-state index in [1.807, 2.05) is 47.5 Å². The van der Waals surface area contributed by atoms with Gasteiger partial charge in [-0.05, 0) is 123 Å². The van der Waals surface area contributed by atoms with Crippen molar-refractivity contribution in [3.05, 3.63) is 71.4 Å². The van der Waals surface area contributed by atoms with Gasteiger partial charge in [-0.1, -0.05) is 30.9 Å². The Morgan fingerprint density at radius 1 is 0.766 bits per heavy atom. The highest BCUT2D eigenvalue weighted by Gasteiger charge is 2.56. The Kier molecular flexibility index (Phi) is 15.8. The predicted octanol–water partition coefficient (Wildman–Crippen LogP) is 7.13. The van der Waals surface area contributed by atoms with Crippen molar-refractivity contribution in [3.8, 4) is 23.1 Å². The van der Waals surface area contributed by atoms with Crippen molar-refractivity contribution in [2.45, 2.75) is 89.3 Å². The first-order chi connectivity index (χ1) is 29.2. The number of nitrogens with one attached hydrogen (secondary N) is 3. The second-order valence-electron chi connectivity index (χ2n) is 18.5. The number of hydrogen-bond acceptors (Lipinski definition) is 8. The molecule has 17 heteroatoms. The standard InChI is InChI=1S/C47H55N7O6.4H2S/c1-29(32-11-19-59-20-12-32)43(55)53-27-47(17-18-47)25-39(53)42-49-35-10-7-31(23-36(35)50-42)4-3-30-5-8-33(9-6-30)37-26-48-41(51-37)38-24-46(15-16-46)28-54(38)44(56)40(52-45(57)58-2)34-13-21-60-22-14-34;;;;/h5-10,23,26,29,32,34,38-40H,11-22,24-25,27-28H2,1-2H3,(H,48,51)(H,49,50)(H,52,57);4*1H2/t29-,38-,39-,40-;;;;/m0..../s1. The third-order valence-corrected chi connectivity index (χ3v) is 14.6. The Bertz CT molecular complexity index is 2340. The summed E-state index contributed by atoms with van der Waals surface area (Å²) in [5.41, 5.74) is 5.80. The van der Waals surface area contributed by atoms with E-state index in [9.17, 15) is 14.4 Å². The van der Waals surface area contributed by atoms with E-state index in [0.717, 1.165) is 103 Å². The number of aromatic nitrogens is 4. The number of nitrogens with zero attached hydrogens (tertiary/aromatic N) is 4. The van der Waals surface area contributed by atoms with Gasteiger partial charge < -0.3 is 39.3 Å². The predicted molar refractivity (Wildman–Crippen MR) is 265 cm³/mol. The lowest BCUT2D eigenvalue weighted by Crippen LogP contribution is -2.53. The van der Waals surface area contributed by atoms with Gasteiger partial charge in [0.05, 0.1) is 42.1 Å². The fourth-order valence-corrected chi connectivity index (χ4v) is 10.4. The number of benzene rings is 2. The molecule has 3 amide bonds. The molecule has 6 fully saturated rings. The van der Waals surface area contributed by atoms with Crippen molar-refractivity contribution >= 4 is 82.9 Å². The quantitative estimate of drug-likeness (QED) is 0.158.